The number of nitrogens with two attached hydrogens (primary N) is 1. The van der Waals surface area contributed by atoms with E-state index in [2.05, 4.69) is 5.32 Å². The van der Waals surface area contributed by atoms with Crippen molar-refractivity contribution in [2.24, 2.45) is 5.73 Å². The number of rotatable bonds is 4. The average Bonchev–Trinajstić information content (AvgIpc) is 2.71. The second-order valence-corrected chi connectivity index (χ2v) is 4.25. The molecule has 2 aliphatic rings. The number of nitrogens with one attached hydrogen (secondary N) is 1. The second-order valence-electron chi connectivity index (χ2n) is 4.25. The summed E-state index contributed by atoms with van der Waals surface area (Å²) >= 11 is 0. The highest BCUT2D eigenvalue weighted by atomic mass is 16.5. The van der Waals surface area contributed by atoms with Crippen LogP contribution in [0.5, 0.6) is 0 Å². The minimum atomic E-state index is 0.124. The van der Waals surface area contributed by atoms with Crippen molar-refractivity contribution in [2.45, 2.75) is 50.3 Å². The van der Waals surface area contributed by atoms with Crippen molar-refractivity contribution in [3.8, 4) is 0 Å². The third kappa shape index (κ3) is 2.69. The van der Waals surface area contributed by atoms with Crippen molar-refractivity contribution in [1.82, 2.24) is 5.32 Å². The summed E-state index contributed by atoms with van der Waals surface area (Å²) < 4.78 is 5.44. The maximum atomic E-state index is 11.4. The van der Waals surface area contributed by atoms with Crippen LogP contribution in [-0.2, 0) is 9.53 Å². The molecule has 0 aromatic carbocycles. The number of ether oxygens (including phenoxy) is 1. The van der Waals surface area contributed by atoms with Gasteiger partial charge in [-0.3, -0.25) is 4.79 Å². The zero-order valence-corrected chi connectivity index (χ0v) is 8.37. The summed E-state index contributed by atoms with van der Waals surface area (Å²) in [6.07, 6.45) is 4.93. The molecular weight excluding hydrogens is 180 g/mol. The molecule has 0 bridgehead atoms. The Morgan fingerprint density at radius 1 is 1.57 bits per heavy atom. The lowest BCUT2D eigenvalue weighted by Gasteiger charge is -2.08. The van der Waals surface area contributed by atoms with E-state index in [0.717, 1.165) is 32.3 Å². The summed E-state index contributed by atoms with van der Waals surface area (Å²) in [5.41, 5.74) is 5.59. The predicted octanol–water partition coefficient (Wildman–Crippen LogP) is 0.161. The first-order valence-corrected chi connectivity index (χ1v) is 5.42. The predicted molar refractivity (Wildman–Crippen MR) is 52.7 cm³/mol. The van der Waals surface area contributed by atoms with Crippen molar-refractivity contribution < 1.29 is 9.53 Å². The van der Waals surface area contributed by atoms with Gasteiger partial charge in [0.2, 0.25) is 5.91 Å². The Bertz CT molecular complexity index is 214. The summed E-state index contributed by atoms with van der Waals surface area (Å²) in [7, 11) is 0. The van der Waals surface area contributed by atoms with E-state index < -0.39 is 0 Å². The normalized spacial score (nSPS) is 35.6. The van der Waals surface area contributed by atoms with Crippen LogP contribution in [-0.4, -0.2) is 30.7 Å². The van der Waals surface area contributed by atoms with Crippen LogP contribution < -0.4 is 11.1 Å². The van der Waals surface area contributed by atoms with Gasteiger partial charge >= 0.3 is 0 Å². The Balaban J connectivity index is 1.57. The van der Waals surface area contributed by atoms with Crippen LogP contribution in [0, 0.1) is 0 Å². The van der Waals surface area contributed by atoms with Crippen molar-refractivity contribution in [3.63, 3.8) is 0 Å². The topological polar surface area (TPSA) is 64.3 Å². The fourth-order valence-corrected chi connectivity index (χ4v) is 1.82. The first kappa shape index (κ1) is 9.93. The van der Waals surface area contributed by atoms with E-state index in [9.17, 15) is 4.79 Å². The van der Waals surface area contributed by atoms with E-state index in [-0.39, 0.29) is 18.0 Å². The molecule has 0 aromatic heterocycles. The molecule has 1 amide bonds. The molecule has 3 atom stereocenters. The molecule has 1 saturated heterocycles. The highest BCUT2D eigenvalue weighted by Crippen LogP contribution is 2.19. The molecule has 80 valence electrons. The summed E-state index contributed by atoms with van der Waals surface area (Å²) in [5, 5.41) is 2.91. The van der Waals surface area contributed by atoms with Crippen LogP contribution in [0.15, 0.2) is 0 Å². The highest BCUT2D eigenvalue weighted by molar-refractivity contribution is 5.76. The van der Waals surface area contributed by atoms with Crippen molar-refractivity contribution in [3.05, 3.63) is 0 Å². The molecule has 14 heavy (non-hydrogen) atoms. The molecule has 0 spiro atoms. The van der Waals surface area contributed by atoms with Crippen LogP contribution in [0.2, 0.25) is 0 Å². The Morgan fingerprint density at radius 2 is 2.36 bits per heavy atom. The molecule has 1 aliphatic heterocycles. The van der Waals surface area contributed by atoms with Gasteiger partial charge < -0.3 is 15.8 Å². The van der Waals surface area contributed by atoms with Crippen molar-refractivity contribution >= 4 is 5.91 Å². The molecule has 0 radical (unpaired) electrons. The Morgan fingerprint density at radius 3 is 2.93 bits per heavy atom. The van der Waals surface area contributed by atoms with Crippen LogP contribution in [0.3, 0.4) is 0 Å². The van der Waals surface area contributed by atoms with Gasteiger partial charge in [0.1, 0.15) is 0 Å². The van der Waals surface area contributed by atoms with Crippen LogP contribution >= 0.6 is 0 Å². The maximum Gasteiger partial charge on any atom is 0.220 e. The fourth-order valence-electron chi connectivity index (χ4n) is 1.82. The van der Waals surface area contributed by atoms with Crippen LogP contribution in [0.25, 0.3) is 0 Å². The van der Waals surface area contributed by atoms with Gasteiger partial charge in [-0.2, -0.15) is 0 Å². The molecule has 3 unspecified atom stereocenters. The first-order chi connectivity index (χ1) is 6.75. The molecule has 2 rings (SSSR count). The summed E-state index contributed by atoms with van der Waals surface area (Å²) in [4.78, 5) is 11.4. The lowest BCUT2D eigenvalue weighted by Crippen LogP contribution is -2.30. The van der Waals surface area contributed by atoms with Crippen LogP contribution in [0.1, 0.15) is 32.1 Å². The third-order valence-electron chi connectivity index (χ3n) is 2.90. The minimum Gasteiger partial charge on any atom is -0.378 e. The Labute approximate surface area is 84.2 Å². The van der Waals surface area contributed by atoms with E-state index in [1.54, 1.807) is 0 Å². The first-order valence-electron chi connectivity index (χ1n) is 5.42. The van der Waals surface area contributed by atoms with Gasteiger partial charge in [0.05, 0.1) is 6.10 Å². The Kier molecular flexibility index (Phi) is 3.03. The van der Waals surface area contributed by atoms with Gasteiger partial charge in [-0.1, -0.05) is 0 Å². The van der Waals surface area contributed by atoms with E-state index >= 15 is 0 Å². The summed E-state index contributed by atoms with van der Waals surface area (Å²) in [6.45, 7) is 0.861. The fraction of sp³-hybridized carbons (Fsp3) is 0.900. The molecule has 2 fully saturated rings. The number of amides is 1. The number of hydrogen-bond acceptors (Lipinski definition) is 3. The average molecular weight is 198 g/mol. The van der Waals surface area contributed by atoms with Crippen molar-refractivity contribution in [1.29, 1.82) is 0 Å². The highest BCUT2D eigenvalue weighted by Gasteiger charge is 2.34. The smallest absolute Gasteiger partial charge is 0.220 e. The van der Waals surface area contributed by atoms with Crippen LogP contribution in [0.4, 0.5) is 0 Å². The maximum absolute atomic E-state index is 11.4. The second kappa shape index (κ2) is 4.28. The van der Waals surface area contributed by atoms with E-state index in [1.165, 1.54) is 0 Å². The molecule has 4 nitrogen and oxygen atoms in total. The molecule has 3 N–H and O–H groups in total. The van der Waals surface area contributed by atoms with Gasteiger partial charge in [-0.15, -0.1) is 0 Å². The minimum absolute atomic E-state index is 0.124. The van der Waals surface area contributed by atoms with E-state index in [1.807, 2.05) is 0 Å². The van der Waals surface area contributed by atoms with Gasteiger partial charge in [0, 0.05) is 25.1 Å². The molecule has 4 heteroatoms. The number of hydrogen-bond donors (Lipinski definition) is 2. The Hall–Kier alpha value is -0.610. The largest absolute Gasteiger partial charge is 0.378 e. The molecular formula is C10H18N2O2. The van der Waals surface area contributed by atoms with Gasteiger partial charge in [0.15, 0.2) is 0 Å². The van der Waals surface area contributed by atoms with Gasteiger partial charge in [-0.05, 0) is 25.7 Å². The third-order valence-corrected chi connectivity index (χ3v) is 2.90. The van der Waals surface area contributed by atoms with Gasteiger partial charge in [-0.25, -0.2) is 0 Å². The van der Waals surface area contributed by atoms with E-state index in [4.69, 9.17) is 10.5 Å². The lowest BCUT2D eigenvalue weighted by atomic mass is 10.1. The molecule has 0 aromatic rings. The quantitative estimate of drug-likeness (QED) is 0.676. The zero-order valence-electron chi connectivity index (χ0n) is 8.37. The summed E-state index contributed by atoms with van der Waals surface area (Å²) in [5.74, 6) is 0.124. The number of carbonyl (C=O) groups excluding carboxylic acids is 1. The van der Waals surface area contributed by atoms with Gasteiger partial charge in [0.25, 0.3) is 0 Å². The monoisotopic (exact) mass is 198 g/mol. The zero-order chi connectivity index (χ0) is 9.97. The standard InChI is InChI=1S/C10H18N2O2/c11-8-6-9(8)12-10(13)4-3-7-2-1-5-14-7/h7-9H,1-6,11H2,(H,12,13). The lowest BCUT2D eigenvalue weighted by molar-refractivity contribution is -0.121. The molecule has 1 heterocycles. The molecule has 1 aliphatic carbocycles. The van der Waals surface area contributed by atoms with Crippen molar-refractivity contribution in [2.75, 3.05) is 6.61 Å². The van der Waals surface area contributed by atoms with E-state index in [0.29, 0.717) is 12.5 Å². The number of carbonyl (C=O) groups is 1. The SMILES string of the molecule is NC1CC1NC(=O)CCC1CCCO1. The summed E-state index contributed by atoms with van der Waals surface area (Å²) in [6, 6.07) is 0.439. The molecule has 1 saturated carbocycles.